The average Bonchev–Trinajstić information content (AvgIpc) is 2.75. The monoisotopic (exact) mass is 282 g/mol. The van der Waals surface area contributed by atoms with Crippen LogP contribution in [0.4, 0.5) is 4.79 Å². The van der Waals surface area contributed by atoms with E-state index in [1.165, 1.54) is 6.42 Å². The normalized spacial score (nSPS) is 37.4. The molecule has 0 spiro atoms. The van der Waals surface area contributed by atoms with Crippen molar-refractivity contribution in [2.75, 3.05) is 0 Å². The fourth-order valence-electron chi connectivity index (χ4n) is 3.89. The zero-order valence-electron chi connectivity index (χ0n) is 12.4. The van der Waals surface area contributed by atoms with Gasteiger partial charge >= 0.3 is 12.0 Å². The lowest BCUT2D eigenvalue weighted by Crippen LogP contribution is -2.49. The third kappa shape index (κ3) is 3.87. The largest absolute Gasteiger partial charge is 0.481 e. The summed E-state index contributed by atoms with van der Waals surface area (Å²) in [5, 5.41) is 15.0. The molecule has 2 aliphatic rings. The number of carbonyl (C=O) groups excluding carboxylic acids is 1. The van der Waals surface area contributed by atoms with Crippen LogP contribution in [-0.4, -0.2) is 29.2 Å². The van der Waals surface area contributed by atoms with Crippen molar-refractivity contribution < 1.29 is 14.7 Å². The smallest absolute Gasteiger partial charge is 0.315 e. The van der Waals surface area contributed by atoms with E-state index < -0.39 is 11.9 Å². The molecule has 0 aromatic carbocycles. The van der Waals surface area contributed by atoms with Crippen molar-refractivity contribution in [3.63, 3.8) is 0 Å². The number of hydrogen-bond acceptors (Lipinski definition) is 2. The van der Waals surface area contributed by atoms with Crippen LogP contribution < -0.4 is 10.6 Å². The summed E-state index contributed by atoms with van der Waals surface area (Å²) in [5.74, 6) is 0.0576. The molecular formula is C15H26N2O3. The van der Waals surface area contributed by atoms with Gasteiger partial charge in [-0.1, -0.05) is 20.3 Å². The highest BCUT2D eigenvalue weighted by atomic mass is 16.4. The molecule has 5 nitrogen and oxygen atoms in total. The first-order chi connectivity index (χ1) is 9.45. The Morgan fingerprint density at radius 3 is 2.25 bits per heavy atom. The van der Waals surface area contributed by atoms with Gasteiger partial charge < -0.3 is 15.7 Å². The molecule has 3 N–H and O–H groups in total. The van der Waals surface area contributed by atoms with Crippen molar-refractivity contribution in [1.82, 2.24) is 10.6 Å². The first-order valence-electron chi connectivity index (χ1n) is 7.75. The van der Waals surface area contributed by atoms with Crippen LogP contribution in [0.3, 0.4) is 0 Å². The fraction of sp³-hybridized carbons (Fsp3) is 0.867. The van der Waals surface area contributed by atoms with Gasteiger partial charge in [0.05, 0.1) is 5.92 Å². The maximum absolute atomic E-state index is 12.0. The van der Waals surface area contributed by atoms with Gasteiger partial charge in [0, 0.05) is 12.1 Å². The second kappa shape index (κ2) is 6.46. The lowest BCUT2D eigenvalue weighted by molar-refractivity contribution is -0.142. The lowest BCUT2D eigenvalue weighted by Gasteiger charge is -2.32. The number of carboxylic acids is 1. The Kier molecular flexibility index (Phi) is 4.89. The Morgan fingerprint density at radius 2 is 1.65 bits per heavy atom. The quantitative estimate of drug-likeness (QED) is 0.743. The van der Waals surface area contributed by atoms with Crippen molar-refractivity contribution in [1.29, 1.82) is 0 Å². The van der Waals surface area contributed by atoms with Crippen molar-refractivity contribution in [2.24, 2.45) is 17.8 Å². The Hall–Kier alpha value is -1.26. The predicted octanol–water partition coefficient (Wildman–Crippen LogP) is 2.36. The molecule has 0 aliphatic heterocycles. The topological polar surface area (TPSA) is 78.4 Å². The number of amides is 2. The average molecular weight is 282 g/mol. The summed E-state index contributed by atoms with van der Waals surface area (Å²) in [6, 6.07) is -0.196. The third-order valence-electron chi connectivity index (χ3n) is 4.66. The van der Waals surface area contributed by atoms with Gasteiger partial charge in [0.2, 0.25) is 0 Å². The molecule has 2 aliphatic carbocycles. The number of carbonyl (C=O) groups is 2. The zero-order chi connectivity index (χ0) is 14.7. The van der Waals surface area contributed by atoms with Crippen LogP contribution in [0.1, 0.15) is 52.4 Å². The first kappa shape index (κ1) is 15.1. The minimum atomic E-state index is -0.798. The molecule has 0 heterocycles. The summed E-state index contributed by atoms with van der Waals surface area (Å²) in [6.45, 7) is 4.44. The van der Waals surface area contributed by atoms with Gasteiger partial charge in [0.15, 0.2) is 0 Å². The molecule has 4 unspecified atom stereocenters. The molecule has 0 aromatic rings. The van der Waals surface area contributed by atoms with E-state index in [2.05, 4.69) is 24.5 Å². The molecular weight excluding hydrogens is 256 g/mol. The molecule has 2 amide bonds. The van der Waals surface area contributed by atoms with Gasteiger partial charge in [-0.2, -0.15) is 0 Å². The highest BCUT2D eigenvalue weighted by molar-refractivity contribution is 5.77. The third-order valence-corrected chi connectivity index (χ3v) is 4.66. The molecule has 0 aromatic heterocycles. The highest BCUT2D eigenvalue weighted by Crippen LogP contribution is 2.29. The summed E-state index contributed by atoms with van der Waals surface area (Å²) < 4.78 is 0. The molecule has 0 bridgehead atoms. The van der Waals surface area contributed by atoms with E-state index in [1.807, 2.05) is 0 Å². The van der Waals surface area contributed by atoms with E-state index in [1.54, 1.807) is 0 Å². The van der Waals surface area contributed by atoms with Crippen LogP contribution in [0.15, 0.2) is 0 Å². The highest BCUT2D eigenvalue weighted by Gasteiger charge is 2.34. The molecule has 20 heavy (non-hydrogen) atoms. The minimum Gasteiger partial charge on any atom is -0.481 e. The second-order valence-electron chi connectivity index (χ2n) is 6.71. The summed E-state index contributed by atoms with van der Waals surface area (Å²) >= 11 is 0. The molecule has 2 saturated carbocycles. The van der Waals surface area contributed by atoms with Gasteiger partial charge in [-0.3, -0.25) is 4.79 Å². The van der Waals surface area contributed by atoms with Gasteiger partial charge in [0.25, 0.3) is 0 Å². The molecule has 0 saturated heterocycles. The Labute approximate surface area is 120 Å². The number of nitrogens with one attached hydrogen (secondary N) is 2. The SMILES string of the molecule is CC1CC(C)CC(NC(=O)NC2CCCC2C(=O)O)C1. The summed E-state index contributed by atoms with van der Waals surface area (Å²) in [6.07, 6.45) is 5.57. The van der Waals surface area contributed by atoms with Gasteiger partial charge in [-0.25, -0.2) is 4.79 Å². The fourth-order valence-corrected chi connectivity index (χ4v) is 3.89. The van der Waals surface area contributed by atoms with Gasteiger partial charge in [0.1, 0.15) is 0 Å². The molecule has 114 valence electrons. The van der Waals surface area contributed by atoms with Crippen LogP contribution in [0.25, 0.3) is 0 Å². The van der Waals surface area contributed by atoms with E-state index in [0.717, 1.165) is 25.7 Å². The van der Waals surface area contributed by atoms with Gasteiger partial charge in [-0.15, -0.1) is 0 Å². The molecule has 2 fully saturated rings. The minimum absolute atomic E-state index is 0.200. The van der Waals surface area contributed by atoms with Crippen molar-refractivity contribution in [2.45, 2.75) is 64.5 Å². The number of urea groups is 1. The standard InChI is InChI=1S/C15H26N2O3/c1-9-6-10(2)8-11(7-9)16-15(20)17-13-5-3-4-12(13)14(18)19/h9-13H,3-8H2,1-2H3,(H,18,19)(H2,16,17,20). The second-order valence-corrected chi connectivity index (χ2v) is 6.71. The predicted molar refractivity (Wildman–Crippen MR) is 76.4 cm³/mol. The number of rotatable bonds is 3. The summed E-state index contributed by atoms with van der Waals surface area (Å²) in [7, 11) is 0. The van der Waals surface area contributed by atoms with E-state index in [-0.39, 0.29) is 18.1 Å². The zero-order valence-corrected chi connectivity index (χ0v) is 12.4. The molecule has 4 atom stereocenters. The van der Waals surface area contributed by atoms with Gasteiger partial charge in [-0.05, 0) is 43.9 Å². The van der Waals surface area contributed by atoms with Crippen molar-refractivity contribution in [3.05, 3.63) is 0 Å². The van der Waals surface area contributed by atoms with Crippen molar-refractivity contribution in [3.8, 4) is 0 Å². The van der Waals surface area contributed by atoms with E-state index in [9.17, 15) is 9.59 Å². The first-order valence-corrected chi connectivity index (χ1v) is 7.75. The van der Waals surface area contributed by atoms with E-state index in [4.69, 9.17) is 5.11 Å². The Balaban J connectivity index is 1.81. The lowest BCUT2D eigenvalue weighted by atomic mass is 9.80. The van der Waals surface area contributed by atoms with Crippen LogP contribution in [-0.2, 0) is 4.79 Å². The maximum Gasteiger partial charge on any atom is 0.315 e. The molecule has 5 heteroatoms. The maximum atomic E-state index is 12.0. The number of hydrogen-bond donors (Lipinski definition) is 3. The van der Waals surface area contributed by atoms with E-state index >= 15 is 0 Å². The summed E-state index contributed by atoms with van der Waals surface area (Å²) in [5.41, 5.74) is 0. The van der Waals surface area contributed by atoms with Crippen LogP contribution in [0.5, 0.6) is 0 Å². The van der Waals surface area contributed by atoms with Crippen LogP contribution >= 0.6 is 0 Å². The van der Waals surface area contributed by atoms with Crippen molar-refractivity contribution >= 4 is 12.0 Å². The number of carboxylic acid groups (broad SMARTS) is 1. The van der Waals surface area contributed by atoms with Crippen LogP contribution in [0.2, 0.25) is 0 Å². The van der Waals surface area contributed by atoms with E-state index in [0.29, 0.717) is 18.3 Å². The number of aliphatic carboxylic acids is 1. The summed E-state index contributed by atoms with van der Waals surface area (Å²) in [4.78, 5) is 23.1. The van der Waals surface area contributed by atoms with Crippen LogP contribution in [0, 0.1) is 17.8 Å². The Bertz CT molecular complexity index is 362. The molecule has 0 radical (unpaired) electrons. The Morgan fingerprint density at radius 1 is 1.00 bits per heavy atom. The molecule has 2 rings (SSSR count).